The van der Waals surface area contributed by atoms with Gasteiger partial charge in [-0.3, -0.25) is 4.99 Å². The Morgan fingerprint density at radius 3 is 2.60 bits per heavy atom. The second-order valence-electron chi connectivity index (χ2n) is 1.64. The highest BCUT2D eigenvalue weighted by Crippen LogP contribution is 1.89. The van der Waals surface area contributed by atoms with Crippen LogP contribution in [-0.4, -0.2) is 19.9 Å². The van der Waals surface area contributed by atoms with Crippen molar-refractivity contribution >= 4 is 6.21 Å². The molecule has 58 valence electrons. The fourth-order valence-electron chi connectivity index (χ4n) is 0.442. The van der Waals surface area contributed by atoms with Gasteiger partial charge in [-0.2, -0.15) is 0 Å². The number of aliphatic imine (C=N–C) groups is 1. The average Bonchev–Trinajstić information content (AvgIpc) is 1.89. The van der Waals surface area contributed by atoms with E-state index in [4.69, 9.17) is 16.2 Å². The number of hydrogen-bond acceptors (Lipinski definition) is 4. The van der Waals surface area contributed by atoms with Gasteiger partial charge in [0.1, 0.15) is 5.70 Å². The molecule has 0 rings (SSSR count). The first kappa shape index (κ1) is 8.81. The fourth-order valence-corrected chi connectivity index (χ4v) is 0.442. The van der Waals surface area contributed by atoms with Crippen LogP contribution in [0.15, 0.2) is 16.6 Å². The smallest absolute Gasteiger partial charge is 0.209 e. The Hall–Kier alpha value is -1.19. The van der Waals surface area contributed by atoms with E-state index in [1.165, 1.54) is 6.21 Å². The first-order valence-corrected chi connectivity index (χ1v) is 3.02. The molecule has 0 amide bonds. The van der Waals surface area contributed by atoms with Crippen molar-refractivity contribution in [2.45, 2.75) is 6.92 Å². The number of nitrogens with zero attached hydrogens (tertiary/aromatic N) is 1. The van der Waals surface area contributed by atoms with Crippen molar-refractivity contribution in [1.29, 1.82) is 0 Å². The summed E-state index contributed by atoms with van der Waals surface area (Å²) in [5.74, 6) is 0.230. The van der Waals surface area contributed by atoms with Gasteiger partial charge < -0.3 is 16.2 Å². The second-order valence-corrected chi connectivity index (χ2v) is 1.64. The zero-order chi connectivity index (χ0) is 7.98. The lowest BCUT2D eigenvalue weighted by Gasteiger charge is -2.02. The zero-order valence-corrected chi connectivity index (χ0v) is 6.29. The van der Waals surface area contributed by atoms with Crippen LogP contribution < -0.4 is 11.5 Å². The van der Waals surface area contributed by atoms with Crippen LogP contribution >= 0.6 is 0 Å². The van der Waals surface area contributed by atoms with Crippen LogP contribution in [-0.2, 0) is 4.74 Å². The van der Waals surface area contributed by atoms with Gasteiger partial charge in [0.2, 0.25) is 5.88 Å². The van der Waals surface area contributed by atoms with Gasteiger partial charge in [0.15, 0.2) is 0 Å². The van der Waals surface area contributed by atoms with Crippen molar-refractivity contribution in [3.05, 3.63) is 11.6 Å². The first-order valence-electron chi connectivity index (χ1n) is 3.02. The lowest BCUT2D eigenvalue weighted by atomic mass is 10.5. The third-order valence-electron chi connectivity index (χ3n) is 0.853. The first-order chi connectivity index (χ1) is 4.72. The van der Waals surface area contributed by atoms with Crippen LogP contribution in [0.1, 0.15) is 6.92 Å². The maximum atomic E-state index is 5.39. The summed E-state index contributed by atoms with van der Waals surface area (Å²) in [6.07, 6.45) is 1.45. The standard InChI is InChI=1S/C6H13N3O/c1-3-10-6(8)5(7)4-9-2/h4H,3,7-8H2,1-2H3. The molecule has 0 aliphatic rings. The maximum absolute atomic E-state index is 5.39. The molecule has 0 atom stereocenters. The fraction of sp³-hybridized carbons (Fsp3) is 0.500. The summed E-state index contributed by atoms with van der Waals surface area (Å²) in [6.45, 7) is 2.35. The van der Waals surface area contributed by atoms with Gasteiger partial charge in [-0.1, -0.05) is 0 Å². The van der Waals surface area contributed by atoms with Gasteiger partial charge in [0.25, 0.3) is 0 Å². The van der Waals surface area contributed by atoms with Crippen molar-refractivity contribution in [2.24, 2.45) is 16.5 Å². The Bertz CT molecular complexity index is 151. The third-order valence-corrected chi connectivity index (χ3v) is 0.853. The quantitative estimate of drug-likeness (QED) is 0.425. The van der Waals surface area contributed by atoms with Crippen molar-refractivity contribution < 1.29 is 4.74 Å². The summed E-state index contributed by atoms with van der Waals surface area (Å²) in [5.41, 5.74) is 11.1. The minimum atomic E-state index is 0.230. The van der Waals surface area contributed by atoms with Crippen molar-refractivity contribution in [3.8, 4) is 0 Å². The molecule has 10 heavy (non-hydrogen) atoms. The van der Waals surface area contributed by atoms with Gasteiger partial charge in [0.05, 0.1) is 6.61 Å². The van der Waals surface area contributed by atoms with Gasteiger partial charge in [-0.05, 0) is 6.92 Å². The van der Waals surface area contributed by atoms with Gasteiger partial charge in [-0.15, -0.1) is 0 Å². The molecule has 0 heterocycles. The van der Waals surface area contributed by atoms with E-state index in [9.17, 15) is 0 Å². The van der Waals surface area contributed by atoms with Crippen LogP contribution in [0, 0.1) is 0 Å². The number of nitrogens with two attached hydrogens (primary N) is 2. The topological polar surface area (TPSA) is 73.6 Å². The number of hydrogen-bond donors (Lipinski definition) is 2. The molecule has 0 unspecified atom stereocenters. The molecule has 4 heteroatoms. The van der Waals surface area contributed by atoms with E-state index < -0.39 is 0 Å². The molecular weight excluding hydrogens is 130 g/mol. The van der Waals surface area contributed by atoms with Crippen molar-refractivity contribution in [1.82, 2.24) is 0 Å². The minimum absolute atomic E-state index is 0.230. The molecule has 0 aliphatic heterocycles. The second kappa shape index (κ2) is 4.67. The lowest BCUT2D eigenvalue weighted by molar-refractivity contribution is 0.224. The predicted octanol–water partition coefficient (Wildman–Crippen LogP) is -0.190. The molecule has 0 fully saturated rings. The minimum Gasteiger partial charge on any atom is -0.478 e. The predicted molar refractivity (Wildman–Crippen MR) is 41.4 cm³/mol. The SMILES string of the molecule is CCOC(N)=C(N)C=NC. The van der Waals surface area contributed by atoms with Crippen LogP contribution in [0.5, 0.6) is 0 Å². The van der Waals surface area contributed by atoms with Crippen LogP contribution in [0.2, 0.25) is 0 Å². The number of rotatable bonds is 3. The van der Waals surface area contributed by atoms with Gasteiger partial charge >= 0.3 is 0 Å². The molecule has 0 bridgehead atoms. The van der Waals surface area contributed by atoms with Gasteiger partial charge in [-0.25, -0.2) is 0 Å². The molecule has 0 spiro atoms. The normalized spacial score (nSPS) is 13.4. The van der Waals surface area contributed by atoms with E-state index in [0.29, 0.717) is 12.3 Å². The number of allylic oxidation sites excluding steroid dienone is 1. The monoisotopic (exact) mass is 143 g/mol. The molecule has 0 aromatic rings. The van der Waals surface area contributed by atoms with E-state index in [1.54, 1.807) is 7.05 Å². The molecule has 0 aliphatic carbocycles. The van der Waals surface area contributed by atoms with E-state index >= 15 is 0 Å². The maximum Gasteiger partial charge on any atom is 0.209 e. The Morgan fingerprint density at radius 1 is 1.60 bits per heavy atom. The summed E-state index contributed by atoms with van der Waals surface area (Å²) < 4.78 is 4.90. The molecule has 0 saturated carbocycles. The largest absolute Gasteiger partial charge is 0.478 e. The Morgan fingerprint density at radius 2 is 2.20 bits per heavy atom. The molecule has 0 aromatic heterocycles. The van der Waals surface area contributed by atoms with Gasteiger partial charge in [0, 0.05) is 13.3 Å². The summed E-state index contributed by atoms with van der Waals surface area (Å²) in [6, 6.07) is 0. The van der Waals surface area contributed by atoms with Crippen molar-refractivity contribution in [2.75, 3.05) is 13.7 Å². The Balaban J connectivity index is 4.04. The zero-order valence-electron chi connectivity index (χ0n) is 6.29. The molecule has 4 N–H and O–H groups in total. The van der Waals surface area contributed by atoms with Crippen molar-refractivity contribution in [3.63, 3.8) is 0 Å². The third kappa shape index (κ3) is 2.96. The molecule has 0 radical (unpaired) electrons. The van der Waals surface area contributed by atoms with E-state index in [2.05, 4.69) is 4.99 Å². The number of ether oxygens (including phenoxy) is 1. The highest BCUT2D eigenvalue weighted by Gasteiger charge is 1.93. The highest BCUT2D eigenvalue weighted by molar-refractivity contribution is 5.77. The summed E-state index contributed by atoms with van der Waals surface area (Å²) in [7, 11) is 1.62. The van der Waals surface area contributed by atoms with E-state index in [-0.39, 0.29) is 5.88 Å². The summed E-state index contributed by atoms with van der Waals surface area (Å²) >= 11 is 0. The Labute approximate surface area is 60.6 Å². The van der Waals surface area contributed by atoms with Crippen LogP contribution in [0.4, 0.5) is 0 Å². The average molecular weight is 143 g/mol. The molecule has 0 saturated heterocycles. The molecule has 0 aromatic carbocycles. The molecule has 4 nitrogen and oxygen atoms in total. The lowest BCUT2D eigenvalue weighted by Crippen LogP contribution is -2.13. The van der Waals surface area contributed by atoms with E-state index in [1.807, 2.05) is 6.92 Å². The highest BCUT2D eigenvalue weighted by atomic mass is 16.5. The Kier molecular flexibility index (Phi) is 4.11. The summed E-state index contributed by atoms with van der Waals surface area (Å²) in [4.78, 5) is 3.67. The summed E-state index contributed by atoms with van der Waals surface area (Å²) in [5, 5.41) is 0. The molecular formula is C6H13N3O. The van der Waals surface area contributed by atoms with Crippen LogP contribution in [0.3, 0.4) is 0 Å². The van der Waals surface area contributed by atoms with E-state index in [0.717, 1.165) is 0 Å². The van der Waals surface area contributed by atoms with Crippen LogP contribution in [0.25, 0.3) is 0 Å².